The molecule has 0 spiro atoms. The third-order valence-corrected chi connectivity index (χ3v) is 4.39. The van der Waals surface area contributed by atoms with Gasteiger partial charge in [0.2, 0.25) is 0 Å². The number of nitrogens with one attached hydrogen (secondary N) is 1. The van der Waals surface area contributed by atoms with Crippen molar-refractivity contribution in [1.82, 2.24) is 15.1 Å². The van der Waals surface area contributed by atoms with Crippen molar-refractivity contribution in [3.05, 3.63) is 47.8 Å². The van der Waals surface area contributed by atoms with Gasteiger partial charge < -0.3 is 10.4 Å². The lowest BCUT2D eigenvalue weighted by Crippen LogP contribution is -2.54. The first-order chi connectivity index (χ1) is 11.0. The maximum atomic E-state index is 12.5. The van der Waals surface area contributed by atoms with Crippen molar-refractivity contribution in [1.29, 1.82) is 0 Å². The number of carboxylic acids is 1. The number of benzene rings is 1. The molecule has 6 nitrogen and oxygen atoms in total. The first-order valence-electron chi connectivity index (χ1n) is 7.64. The van der Waals surface area contributed by atoms with Crippen molar-refractivity contribution in [2.24, 2.45) is 0 Å². The number of carbonyl (C=O) groups is 2. The minimum Gasteiger partial charge on any atom is -0.481 e. The fourth-order valence-electron chi connectivity index (χ4n) is 3.02. The van der Waals surface area contributed by atoms with Gasteiger partial charge >= 0.3 is 5.97 Å². The summed E-state index contributed by atoms with van der Waals surface area (Å²) in [5.74, 6) is -1.10. The first-order valence-corrected chi connectivity index (χ1v) is 7.64. The Labute approximate surface area is 134 Å². The van der Waals surface area contributed by atoms with Gasteiger partial charge in [0, 0.05) is 18.0 Å². The van der Waals surface area contributed by atoms with Crippen LogP contribution in [0.2, 0.25) is 0 Å². The zero-order chi connectivity index (χ0) is 16.4. The van der Waals surface area contributed by atoms with Crippen LogP contribution in [-0.4, -0.2) is 32.3 Å². The van der Waals surface area contributed by atoms with Gasteiger partial charge in [0.1, 0.15) is 0 Å². The summed E-state index contributed by atoms with van der Waals surface area (Å²) in [4.78, 5) is 23.5. The number of nitrogens with zero attached hydrogens (tertiary/aromatic N) is 2. The summed E-state index contributed by atoms with van der Waals surface area (Å²) in [6.45, 7) is 1.92. The van der Waals surface area contributed by atoms with E-state index in [0.29, 0.717) is 5.56 Å². The highest BCUT2D eigenvalue weighted by atomic mass is 16.4. The molecule has 0 radical (unpaired) electrons. The first kappa shape index (κ1) is 15.3. The molecule has 0 aliphatic heterocycles. The van der Waals surface area contributed by atoms with Crippen LogP contribution >= 0.6 is 0 Å². The maximum absolute atomic E-state index is 12.5. The molecule has 0 unspecified atom stereocenters. The molecule has 1 aliphatic rings. The van der Waals surface area contributed by atoms with Crippen LogP contribution in [0.3, 0.4) is 0 Å². The van der Waals surface area contributed by atoms with Gasteiger partial charge in [-0.1, -0.05) is 0 Å². The Bertz CT molecular complexity index is 734. The van der Waals surface area contributed by atoms with Crippen LogP contribution in [0.1, 0.15) is 41.6 Å². The number of aryl methyl sites for hydroxylation is 1. The van der Waals surface area contributed by atoms with Crippen molar-refractivity contribution in [2.75, 3.05) is 0 Å². The Morgan fingerprint density at radius 3 is 2.70 bits per heavy atom. The lowest BCUT2D eigenvalue weighted by atomic mass is 9.74. The van der Waals surface area contributed by atoms with Gasteiger partial charge in [-0.2, -0.15) is 5.10 Å². The molecule has 1 aromatic carbocycles. The van der Waals surface area contributed by atoms with Gasteiger partial charge in [-0.3, -0.25) is 9.59 Å². The second-order valence-electron chi connectivity index (χ2n) is 6.11. The highest BCUT2D eigenvalue weighted by molar-refractivity contribution is 5.95. The third-order valence-electron chi connectivity index (χ3n) is 4.39. The summed E-state index contributed by atoms with van der Waals surface area (Å²) < 4.78 is 1.74. The summed E-state index contributed by atoms with van der Waals surface area (Å²) in [7, 11) is 0. The second-order valence-corrected chi connectivity index (χ2v) is 6.11. The molecule has 23 heavy (non-hydrogen) atoms. The van der Waals surface area contributed by atoms with E-state index >= 15 is 0 Å². The number of carboxylic acid groups (broad SMARTS) is 1. The number of amides is 1. The van der Waals surface area contributed by atoms with Crippen molar-refractivity contribution in [3.8, 4) is 5.69 Å². The molecule has 1 fully saturated rings. The van der Waals surface area contributed by atoms with Gasteiger partial charge in [-0.15, -0.1) is 0 Å². The highest BCUT2D eigenvalue weighted by Crippen LogP contribution is 2.35. The maximum Gasteiger partial charge on any atom is 0.305 e. The lowest BCUT2D eigenvalue weighted by molar-refractivity contribution is -0.139. The minimum atomic E-state index is -0.879. The van der Waals surface area contributed by atoms with Gasteiger partial charge in [0.15, 0.2) is 0 Å². The SMILES string of the molecule is Cc1cc(C(=O)NC2(CC(=O)O)CCC2)ccc1-n1cccn1. The predicted molar refractivity (Wildman–Crippen MR) is 84.6 cm³/mol. The molecule has 2 aromatic rings. The highest BCUT2D eigenvalue weighted by Gasteiger charge is 2.40. The van der Waals surface area contributed by atoms with E-state index in [1.54, 1.807) is 23.0 Å². The molecule has 0 atom stereocenters. The molecule has 1 saturated carbocycles. The fraction of sp³-hybridized carbons (Fsp3) is 0.353. The van der Waals surface area contributed by atoms with Crippen molar-refractivity contribution >= 4 is 11.9 Å². The fourth-order valence-corrected chi connectivity index (χ4v) is 3.02. The van der Waals surface area contributed by atoms with E-state index in [1.807, 2.05) is 25.3 Å². The van der Waals surface area contributed by atoms with Gasteiger partial charge in [0.25, 0.3) is 5.91 Å². The molecule has 0 bridgehead atoms. The molecule has 120 valence electrons. The zero-order valence-electron chi connectivity index (χ0n) is 13.0. The Hall–Kier alpha value is -2.63. The molecular formula is C17H19N3O3. The Kier molecular flexibility index (Phi) is 3.90. The molecule has 1 aromatic heterocycles. The molecule has 1 aliphatic carbocycles. The number of hydrogen-bond donors (Lipinski definition) is 2. The lowest BCUT2D eigenvalue weighted by Gasteiger charge is -2.41. The average molecular weight is 313 g/mol. The van der Waals surface area contributed by atoms with Crippen molar-refractivity contribution in [3.63, 3.8) is 0 Å². The minimum absolute atomic E-state index is 0.0247. The van der Waals surface area contributed by atoms with Crippen LogP contribution in [0.15, 0.2) is 36.7 Å². The second kappa shape index (κ2) is 5.87. The number of rotatable bonds is 5. The van der Waals surface area contributed by atoms with E-state index in [4.69, 9.17) is 5.11 Å². The summed E-state index contributed by atoms with van der Waals surface area (Å²) >= 11 is 0. The zero-order valence-corrected chi connectivity index (χ0v) is 13.0. The van der Waals surface area contributed by atoms with Crippen LogP contribution in [0.4, 0.5) is 0 Å². The summed E-state index contributed by atoms with van der Waals surface area (Å²) in [5, 5.41) is 16.1. The van der Waals surface area contributed by atoms with Crippen LogP contribution < -0.4 is 5.32 Å². The van der Waals surface area contributed by atoms with E-state index in [0.717, 1.165) is 30.5 Å². The molecule has 3 rings (SSSR count). The summed E-state index contributed by atoms with van der Waals surface area (Å²) in [6.07, 6.45) is 5.91. The van der Waals surface area contributed by atoms with E-state index in [-0.39, 0.29) is 12.3 Å². The standard InChI is InChI=1S/C17H19N3O3/c1-12-10-13(4-5-14(12)20-9-3-8-18-20)16(23)19-17(6-2-7-17)11-15(21)22/h3-5,8-10H,2,6-7,11H2,1H3,(H,19,23)(H,21,22). The molecule has 0 saturated heterocycles. The number of hydrogen-bond acceptors (Lipinski definition) is 3. The molecule has 1 heterocycles. The van der Waals surface area contributed by atoms with E-state index < -0.39 is 11.5 Å². The third kappa shape index (κ3) is 3.11. The number of aliphatic carboxylic acids is 1. The average Bonchev–Trinajstić information content (AvgIpc) is 2.98. The molecule has 6 heteroatoms. The summed E-state index contributed by atoms with van der Waals surface area (Å²) in [5.41, 5.74) is 1.80. The topological polar surface area (TPSA) is 84.2 Å². The smallest absolute Gasteiger partial charge is 0.305 e. The van der Waals surface area contributed by atoms with Crippen LogP contribution in [0.5, 0.6) is 0 Å². The van der Waals surface area contributed by atoms with Crippen LogP contribution in [-0.2, 0) is 4.79 Å². The van der Waals surface area contributed by atoms with Gasteiger partial charge in [-0.25, -0.2) is 4.68 Å². The quantitative estimate of drug-likeness (QED) is 0.887. The summed E-state index contributed by atoms with van der Waals surface area (Å²) in [6, 6.07) is 7.24. The van der Waals surface area contributed by atoms with E-state index in [9.17, 15) is 9.59 Å². The predicted octanol–water partition coefficient (Wildman–Crippen LogP) is 2.31. The van der Waals surface area contributed by atoms with Crippen molar-refractivity contribution in [2.45, 2.75) is 38.1 Å². The monoisotopic (exact) mass is 313 g/mol. The number of aromatic nitrogens is 2. The van der Waals surface area contributed by atoms with Crippen LogP contribution in [0.25, 0.3) is 5.69 Å². The van der Waals surface area contributed by atoms with Crippen LogP contribution in [0, 0.1) is 6.92 Å². The molecule has 2 N–H and O–H groups in total. The largest absolute Gasteiger partial charge is 0.481 e. The molecular weight excluding hydrogens is 294 g/mol. The Morgan fingerprint density at radius 2 is 2.17 bits per heavy atom. The van der Waals surface area contributed by atoms with Crippen molar-refractivity contribution < 1.29 is 14.7 Å². The Balaban J connectivity index is 1.78. The normalized spacial score (nSPS) is 15.7. The van der Waals surface area contributed by atoms with Gasteiger partial charge in [-0.05, 0) is 56.0 Å². The molecule has 1 amide bonds. The van der Waals surface area contributed by atoms with Gasteiger partial charge in [0.05, 0.1) is 17.6 Å². The Morgan fingerprint density at radius 1 is 1.39 bits per heavy atom. The van der Waals surface area contributed by atoms with E-state index in [2.05, 4.69) is 10.4 Å². The number of carbonyl (C=O) groups excluding carboxylic acids is 1. The van der Waals surface area contributed by atoms with E-state index in [1.165, 1.54) is 0 Å².